The van der Waals surface area contributed by atoms with Crippen LogP contribution in [0.3, 0.4) is 0 Å². The first-order valence-electron chi connectivity index (χ1n) is 9.71. The molecular weight excluding hydrogens is 300 g/mol. The van der Waals surface area contributed by atoms with Crippen LogP contribution in [0.5, 0.6) is 0 Å². The van der Waals surface area contributed by atoms with Gasteiger partial charge >= 0.3 is 0 Å². The molecule has 2 unspecified atom stereocenters. The Bertz CT molecular complexity index is 402. The highest BCUT2D eigenvalue weighted by Gasteiger charge is 2.11. The summed E-state index contributed by atoms with van der Waals surface area (Å²) in [5.74, 6) is 1.60. The number of benzene rings is 1. The van der Waals surface area contributed by atoms with Gasteiger partial charge in [-0.15, -0.1) is 0 Å². The minimum Gasteiger partial charge on any atom is -0.254 e. The molecule has 1 aromatic carbocycles. The maximum absolute atomic E-state index is 12.4. The van der Waals surface area contributed by atoms with Gasteiger partial charge in [-0.1, -0.05) is 96.3 Å². The molecule has 0 amide bonds. The Labute approximate surface area is 146 Å². The fourth-order valence-electron chi connectivity index (χ4n) is 3.12. The lowest BCUT2D eigenvalue weighted by molar-refractivity contribution is 0.398. The second kappa shape index (κ2) is 13.8. The summed E-state index contributed by atoms with van der Waals surface area (Å²) in [4.78, 5) is 0.989. The van der Waals surface area contributed by atoms with Crippen molar-refractivity contribution in [3.05, 3.63) is 30.3 Å². The Balaban J connectivity index is 2.34. The van der Waals surface area contributed by atoms with E-state index >= 15 is 0 Å². The Morgan fingerprint density at radius 1 is 0.783 bits per heavy atom. The largest absolute Gasteiger partial charge is 0.254 e. The van der Waals surface area contributed by atoms with E-state index in [-0.39, 0.29) is 0 Å². The van der Waals surface area contributed by atoms with Gasteiger partial charge in [-0.05, 0) is 24.5 Å². The minimum atomic E-state index is -0.822. The molecule has 2 atom stereocenters. The fraction of sp³-hybridized carbons (Fsp3) is 0.714. The zero-order chi connectivity index (χ0) is 16.8. The van der Waals surface area contributed by atoms with E-state index in [9.17, 15) is 4.21 Å². The average Bonchev–Trinajstić information content (AvgIpc) is 2.59. The quantitative estimate of drug-likeness (QED) is 0.344. The van der Waals surface area contributed by atoms with Crippen molar-refractivity contribution >= 4 is 10.8 Å². The number of rotatable bonds is 14. The summed E-state index contributed by atoms with van der Waals surface area (Å²) in [7, 11) is -0.822. The summed E-state index contributed by atoms with van der Waals surface area (Å²) in [5.41, 5.74) is 0. The normalized spacial score (nSPS) is 13.8. The van der Waals surface area contributed by atoms with Crippen molar-refractivity contribution in [2.24, 2.45) is 5.92 Å². The van der Waals surface area contributed by atoms with Crippen molar-refractivity contribution < 1.29 is 4.21 Å². The van der Waals surface area contributed by atoms with Gasteiger partial charge in [0.1, 0.15) is 0 Å². The summed E-state index contributed by atoms with van der Waals surface area (Å²) in [6.45, 7) is 4.54. The first-order valence-corrected chi connectivity index (χ1v) is 11.0. The lowest BCUT2D eigenvalue weighted by atomic mass is 9.92. The van der Waals surface area contributed by atoms with Gasteiger partial charge in [0.2, 0.25) is 0 Å². The van der Waals surface area contributed by atoms with Gasteiger partial charge in [-0.3, -0.25) is 4.21 Å². The van der Waals surface area contributed by atoms with Crippen molar-refractivity contribution in [2.75, 3.05) is 5.75 Å². The summed E-state index contributed by atoms with van der Waals surface area (Å²) < 4.78 is 12.4. The predicted octanol–water partition coefficient (Wildman–Crippen LogP) is 6.74. The fourth-order valence-corrected chi connectivity index (χ4v) is 4.36. The lowest BCUT2D eigenvalue weighted by Gasteiger charge is -2.16. The van der Waals surface area contributed by atoms with Crippen LogP contribution >= 0.6 is 0 Å². The summed E-state index contributed by atoms with van der Waals surface area (Å²) in [6, 6.07) is 9.95. The van der Waals surface area contributed by atoms with Gasteiger partial charge in [0, 0.05) is 10.6 Å². The molecule has 0 saturated carbocycles. The molecule has 0 aliphatic heterocycles. The zero-order valence-electron chi connectivity index (χ0n) is 15.3. The Kier molecular flexibility index (Phi) is 12.2. The molecule has 0 N–H and O–H groups in total. The van der Waals surface area contributed by atoms with Gasteiger partial charge in [0.05, 0.1) is 10.8 Å². The molecular formula is C21H36OS. The number of unbranched alkanes of at least 4 members (excludes halogenated alkanes) is 6. The maximum atomic E-state index is 12.4. The van der Waals surface area contributed by atoms with Gasteiger partial charge in [0.25, 0.3) is 0 Å². The topological polar surface area (TPSA) is 17.1 Å². The zero-order valence-corrected chi connectivity index (χ0v) is 16.1. The van der Waals surface area contributed by atoms with Gasteiger partial charge in [-0.2, -0.15) is 0 Å². The van der Waals surface area contributed by atoms with E-state index in [0.29, 0.717) is 0 Å². The average molecular weight is 337 g/mol. The third kappa shape index (κ3) is 9.96. The third-order valence-electron chi connectivity index (χ3n) is 4.65. The Hall–Kier alpha value is -0.630. The Morgan fingerprint density at radius 2 is 1.35 bits per heavy atom. The molecule has 23 heavy (non-hydrogen) atoms. The van der Waals surface area contributed by atoms with Crippen molar-refractivity contribution in [1.29, 1.82) is 0 Å². The molecule has 1 nitrogen and oxygen atoms in total. The van der Waals surface area contributed by atoms with Gasteiger partial charge < -0.3 is 0 Å². The smallest absolute Gasteiger partial charge is 0.0529 e. The molecule has 0 radical (unpaired) electrons. The van der Waals surface area contributed by atoms with Crippen LogP contribution in [0.4, 0.5) is 0 Å². The molecule has 1 aromatic rings. The molecule has 0 bridgehead atoms. The summed E-state index contributed by atoms with van der Waals surface area (Å²) >= 11 is 0. The highest BCUT2D eigenvalue weighted by molar-refractivity contribution is 7.85. The number of hydrogen-bond donors (Lipinski definition) is 0. The molecule has 1 rings (SSSR count). The summed E-state index contributed by atoms with van der Waals surface area (Å²) in [6.07, 6.45) is 14.6. The van der Waals surface area contributed by atoms with Crippen LogP contribution in [0.2, 0.25) is 0 Å². The first kappa shape index (κ1) is 20.4. The number of hydrogen-bond acceptors (Lipinski definition) is 1. The van der Waals surface area contributed by atoms with Gasteiger partial charge in [-0.25, -0.2) is 0 Å². The van der Waals surface area contributed by atoms with Crippen LogP contribution in [-0.4, -0.2) is 9.96 Å². The van der Waals surface area contributed by atoms with Crippen molar-refractivity contribution in [3.8, 4) is 0 Å². The van der Waals surface area contributed by atoms with E-state index in [1.807, 2.05) is 30.3 Å². The van der Waals surface area contributed by atoms with Crippen LogP contribution in [0.1, 0.15) is 84.5 Å². The van der Waals surface area contributed by atoms with Crippen LogP contribution in [0.15, 0.2) is 35.2 Å². The Morgan fingerprint density at radius 3 is 2.00 bits per heavy atom. The maximum Gasteiger partial charge on any atom is 0.0529 e. The molecule has 0 aromatic heterocycles. The predicted molar refractivity (Wildman–Crippen MR) is 103 cm³/mol. The van der Waals surface area contributed by atoms with Crippen molar-refractivity contribution in [1.82, 2.24) is 0 Å². The molecule has 2 heteroatoms. The standard InChI is InChI=1S/C21H36OS/c1-3-5-7-8-11-15-20(14-10-6-4-2)18-19-23(22)21-16-12-9-13-17-21/h9,12-13,16-17,20H,3-8,10-11,14-15,18-19H2,1-2H3. The van der Waals surface area contributed by atoms with E-state index in [1.165, 1.54) is 64.2 Å². The van der Waals surface area contributed by atoms with E-state index in [2.05, 4.69) is 13.8 Å². The first-order chi connectivity index (χ1) is 11.3. The molecule has 0 fully saturated rings. The second-order valence-electron chi connectivity index (χ2n) is 6.72. The minimum absolute atomic E-state index is 0.774. The van der Waals surface area contributed by atoms with Gasteiger partial charge in [0.15, 0.2) is 0 Å². The lowest BCUT2D eigenvalue weighted by Crippen LogP contribution is -2.08. The van der Waals surface area contributed by atoms with E-state index < -0.39 is 10.8 Å². The van der Waals surface area contributed by atoms with Crippen LogP contribution in [0.25, 0.3) is 0 Å². The molecule has 0 heterocycles. The molecule has 0 aliphatic carbocycles. The molecule has 0 aliphatic rings. The molecule has 0 spiro atoms. The molecule has 0 saturated heterocycles. The van der Waals surface area contributed by atoms with Crippen LogP contribution in [0, 0.1) is 5.92 Å². The third-order valence-corrected chi connectivity index (χ3v) is 6.05. The highest BCUT2D eigenvalue weighted by Crippen LogP contribution is 2.22. The highest BCUT2D eigenvalue weighted by atomic mass is 32.2. The monoisotopic (exact) mass is 336 g/mol. The van der Waals surface area contributed by atoms with Crippen molar-refractivity contribution in [3.63, 3.8) is 0 Å². The molecule has 132 valence electrons. The second-order valence-corrected chi connectivity index (χ2v) is 8.29. The van der Waals surface area contributed by atoms with E-state index in [0.717, 1.165) is 23.0 Å². The van der Waals surface area contributed by atoms with Crippen LogP contribution in [-0.2, 0) is 10.8 Å². The van der Waals surface area contributed by atoms with E-state index in [1.54, 1.807) is 0 Å². The van der Waals surface area contributed by atoms with Crippen molar-refractivity contribution in [2.45, 2.75) is 89.4 Å². The SMILES string of the molecule is CCCCCCCC(CCCCC)CCS(=O)c1ccccc1. The van der Waals surface area contributed by atoms with E-state index in [4.69, 9.17) is 0 Å². The van der Waals surface area contributed by atoms with Crippen LogP contribution < -0.4 is 0 Å². The summed E-state index contributed by atoms with van der Waals surface area (Å²) in [5, 5.41) is 0.